The molecule has 1 rings (SSSR count). The second kappa shape index (κ2) is 6.97. The van der Waals surface area contributed by atoms with Crippen molar-refractivity contribution in [3.8, 4) is 6.19 Å². The fourth-order valence-electron chi connectivity index (χ4n) is 1.20. The van der Waals surface area contributed by atoms with Gasteiger partial charge in [0.2, 0.25) is 5.91 Å². The number of thioether (sulfide) groups is 1. The Morgan fingerprint density at radius 1 is 1.58 bits per heavy atom. The van der Waals surface area contributed by atoms with Gasteiger partial charge in [-0.15, -0.1) is 0 Å². The lowest BCUT2D eigenvalue weighted by Gasteiger charge is -2.08. The molecule has 19 heavy (non-hydrogen) atoms. The van der Waals surface area contributed by atoms with Gasteiger partial charge < -0.3 is 5.32 Å². The third-order valence-corrected chi connectivity index (χ3v) is 2.80. The highest BCUT2D eigenvalue weighted by Gasteiger charge is 2.10. The summed E-state index contributed by atoms with van der Waals surface area (Å²) in [5.41, 5.74) is 0.439. The van der Waals surface area contributed by atoms with Crippen LogP contribution in [0.15, 0.2) is 17.1 Å². The first-order chi connectivity index (χ1) is 8.97. The molecule has 100 valence electrons. The summed E-state index contributed by atoms with van der Waals surface area (Å²) in [7, 11) is 0. The summed E-state index contributed by atoms with van der Waals surface area (Å²) < 4.78 is 13.4. The summed E-state index contributed by atoms with van der Waals surface area (Å²) in [5.74, 6) is -0.995. The van der Waals surface area contributed by atoms with Crippen molar-refractivity contribution in [1.82, 2.24) is 5.32 Å². The number of rotatable bonds is 2. The molecule has 0 bridgehead atoms. The van der Waals surface area contributed by atoms with E-state index in [9.17, 15) is 9.18 Å². The molecule has 5 nitrogen and oxygen atoms in total. The van der Waals surface area contributed by atoms with Gasteiger partial charge in [0.05, 0.1) is 16.4 Å². The molecule has 0 atom stereocenters. The maximum absolute atomic E-state index is 13.4. The zero-order valence-corrected chi connectivity index (χ0v) is 11.7. The van der Waals surface area contributed by atoms with E-state index < -0.39 is 5.82 Å². The molecule has 0 spiro atoms. The third kappa shape index (κ3) is 4.43. The first kappa shape index (κ1) is 15.3. The Balaban J connectivity index is 3.27. The molecule has 1 aromatic rings. The van der Waals surface area contributed by atoms with E-state index in [-0.39, 0.29) is 27.5 Å². The van der Waals surface area contributed by atoms with Crippen molar-refractivity contribution in [2.24, 2.45) is 4.99 Å². The molecule has 0 aromatic heterocycles. The summed E-state index contributed by atoms with van der Waals surface area (Å²) in [6.07, 6.45) is 3.42. The number of nitriles is 1. The Morgan fingerprint density at radius 2 is 2.26 bits per heavy atom. The zero-order chi connectivity index (χ0) is 14.4. The van der Waals surface area contributed by atoms with Crippen molar-refractivity contribution in [1.29, 1.82) is 5.26 Å². The van der Waals surface area contributed by atoms with Crippen LogP contribution in [0.25, 0.3) is 0 Å². The van der Waals surface area contributed by atoms with E-state index in [0.29, 0.717) is 0 Å². The number of benzene rings is 1. The first-order valence-electron chi connectivity index (χ1n) is 5.02. The number of anilines is 1. The third-order valence-electron chi connectivity index (χ3n) is 1.93. The van der Waals surface area contributed by atoms with Gasteiger partial charge in [-0.2, -0.15) is 5.26 Å². The Bertz CT molecular complexity index is 571. The number of halogens is 2. The standard InChI is InChI=1S/C11H10ClFN4OS/c1-6(18)16-9-3-7(12)8(13)4-10(9)17-11(19-2)15-5-14/h3-4H,1-2H3,(H,15,17)(H,16,18). The fourth-order valence-corrected chi connectivity index (χ4v) is 1.70. The molecular weight excluding hydrogens is 291 g/mol. The number of hydrogen-bond acceptors (Lipinski definition) is 4. The van der Waals surface area contributed by atoms with Gasteiger partial charge in [-0.1, -0.05) is 23.4 Å². The van der Waals surface area contributed by atoms with Gasteiger partial charge in [0.15, 0.2) is 11.4 Å². The van der Waals surface area contributed by atoms with E-state index in [0.717, 1.165) is 6.07 Å². The van der Waals surface area contributed by atoms with Gasteiger partial charge in [0.25, 0.3) is 0 Å². The van der Waals surface area contributed by atoms with Gasteiger partial charge in [-0.05, 0) is 12.3 Å². The zero-order valence-electron chi connectivity index (χ0n) is 10.1. The molecule has 0 saturated carbocycles. The van der Waals surface area contributed by atoms with Gasteiger partial charge in [0.1, 0.15) is 5.82 Å². The highest BCUT2D eigenvalue weighted by atomic mass is 35.5. The lowest BCUT2D eigenvalue weighted by Crippen LogP contribution is -2.13. The first-order valence-corrected chi connectivity index (χ1v) is 6.62. The van der Waals surface area contributed by atoms with Crippen LogP contribution in [0, 0.1) is 17.3 Å². The van der Waals surface area contributed by atoms with Gasteiger partial charge in [-0.25, -0.2) is 9.38 Å². The average molecular weight is 301 g/mol. The second-order valence-corrected chi connectivity index (χ2v) is 4.52. The van der Waals surface area contributed by atoms with Crippen molar-refractivity contribution in [3.05, 3.63) is 23.0 Å². The minimum atomic E-state index is -0.660. The van der Waals surface area contributed by atoms with Gasteiger partial charge >= 0.3 is 0 Å². The summed E-state index contributed by atoms with van der Waals surface area (Å²) in [6, 6.07) is 2.35. The largest absolute Gasteiger partial charge is 0.324 e. The van der Waals surface area contributed by atoms with E-state index in [1.807, 2.05) is 0 Å². The number of carbonyl (C=O) groups is 1. The van der Waals surface area contributed by atoms with Crippen LogP contribution in [0.5, 0.6) is 0 Å². The number of hydrogen-bond donors (Lipinski definition) is 2. The number of nitrogens with zero attached hydrogens (tertiary/aromatic N) is 2. The Kier molecular flexibility index (Phi) is 5.60. The van der Waals surface area contributed by atoms with Crippen LogP contribution in [-0.4, -0.2) is 17.3 Å². The molecular formula is C11H10ClFN4OS. The highest BCUT2D eigenvalue weighted by Crippen LogP contribution is 2.31. The monoisotopic (exact) mass is 300 g/mol. The summed E-state index contributed by atoms with van der Waals surface area (Å²) >= 11 is 6.83. The van der Waals surface area contributed by atoms with E-state index >= 15 is 0 Å². The maximum atomic E-state index is 13.4. The number of amides is 1. The smallest absolute Gasteiger partial charge is 0.221 e. The fraction of sp³-hybridized carbons (Fsp3) is 0.182. The minimum Gasteiger partial charge on any atom is -0.324 e. The normalized spacial score (nSPS) is 10.8. The second-order valence-electron chi connectivity index (χ2n) is 3.32. The van der Waals surface area contributed by atoms with Crippen LogP contribution >= 0.6 is 23.4 Å². The van der Waals surface area contributed by atoms with Crippen LogP contribution in [0.3, 0.4) is 0 Å². The maximum Gasteiger partial charge on any atom is 0.221 e. The van der Waals surface area contributed by atoms with Gasteiger partial charge in [-0.3, -0.25) is 10.1 Å². The summed E-state index contributed by atoms with van der Waals surface area (Å²) in [6.45, 7) is 1.31. The van der Waals surface area contributed by atoms with E-state index in [2.05, 4.69) is 15.6 Å². The molecule has 0 unspecified atom stereocenters. The minimum absolute atomic E-state index is 0.123. The molecule has 1 amide bonds. The number of amidine groups is 1. The SMILES string of the molecule is CSC(=Nc1cc(F)c(Cl)cc1NC(C)=O)NC#N. The Labute approximate surface area is 118 Å². The Hall–Kier alpha value is -1.78. The highest BCUT2D eigenvalue weighted by molar-refractivity contribution is 8.13. The predicted molar refractivity (Wildman–Crippen MR) is 75.1 cm³/mol. The van der Waals surface area contributed by atoms with Crippen molar-refractivity contribution in [2.45, 2.75) is 6.92 Å². The molecule has 0 aliphatic rings. The van der Waals surface area contributed by atoms with Gasteiger partial charge in [0, 0.05) is 13.0 Å². The van der Waals surface area contributed by atoms with Crippen molar-refractivity contribution < 1.29 is 9.18 Å². The van der Waals surface area contributed by atoms with Crippen LogP contribution in [0.2, 0.25) is 5.02 Å². The summed E-state index contributed by atoms with van der Waals surface area (Å²) in [5, 5.41) is 13.5. The lowest BCUT2D eigenvalue weighted by atomic mass is 10.2. The molecule has 0 radical (unpaired) electrons. The molecule has 0 fully saturated rings. The number of nitrogens with one attached hydrogen (secondary N) is 2. The van der Waals surface area contributed by atoms with Crippen molar-refractivity contribution in [3.63, 3.8) is 0 Å². The van der Waals surface area contributed by atoms with Crippen LogP contribution in [0.4, 0.5) is 15.8 Å². The average Bonchev–Trinajstić information content (AvgIpc) is 2.34. The van der Waals surface area contributed by atoms with E-state index in [4.69, 9.17) is 16.9 Å². The molecule has 1 aromatic carbocycles. The summed E-state index contributed by atoms with van der Waals surface area (Å²) in [4.78, 5) is 15.1. The Morgan fingerprint density at radius 3 is 2.79 bits per heavy atom. The molecule has 0 heterocycles. The molecule has 0 aliphatic heterocycles. The lowest BCUT2D eigenvalue weighted by molar-refractivity contribution is -0.114. The molecule has 0 aliphatic carbocycles. The molecule has 8 heteroatoms. The quantitative estimate of drug-likeness (QED) is 0.381. The topological polar surface area (TPSA) is 77.3 Å². The van der Waals surface area contributed by atoms with Crippen LogP contribution in [-0.2, 0) is 4.79 Å². The number of aliphatic imine (C=N–C) groups is 1. The molecule has 0 saturated heterocycles. The number of carbonyl (C=O) groups excluding carboxylic acids is 1. The molecule has 2 N–H and O–H groups in total. The van der Waals surface area contributed by atoms with Crippen molar-refractivity contribution in [2.75, 3.05) is 11.6 Å². The van der Waals surface area contributed by atoms with Crippen LogP contribution < -0.4 is 10.6 Å². The van der Waals surface area contributed by atoms with E-state index in [1.165, 1.54) is 24.8 Å². The van der Waals surface area contributed by atoms with Crippen LogP contribution in [0.1, 0.15) is 6.92 Å². The van der Waals surface area contributed by atoms with Crippen molar-refractivity contribution >= 4 is 45.8 Å². The van der Waals surface area contributed by atoms with E-state index in [1.54, 1.807) is 12.4 Å². The predicted octanol–water partition coefficient (Wildman–Crippen LogP) is 2.86.